The molecule has 0 radical (unpaired) electrons. The number of para-hydroxylation sites is 1. The van der Waals surface area contributed by atoms with Crippen molar-refractivity contribution < 1.29 is 18.3 Å². The van der Waals surface area contributed by atoms with E-state index in [-0.39, 0.29) is 11.6 Å². The van der Waals surface area contributed by atoms with Gasteiger partial charge in [0, 0.05) is 28.2 Å². The van der Waals surface area contributed by atoms with Crippen molar-refractivity contribution >= 4 is 29.2 Å². The number of nitrogens with zero attached hydrogens (tertiary/aromatic N) is 1. The van der Waals surface area contributed by atoms with Gasteiger partial charge >= 0.3 is 0 Å². The Morgan fingerprint density at radius 3 is 1.04 bits per heavy atom. The molecule has 0 aromatic heterocycles. The van der Waals surface area contributed by atoms with Gasteiger partial charge in [0.05, 0.1) is 10.8 Å². The quantitative estimate of drug-likeness (QED) is 0.115. The van der Waals surface area contributed by atoms with Gasteiger partial charge in [0.15, 0.2) is 0 Å². The number of benzene rings is 11. The first-order valence-corrected chi connectivity index (χ1v) is 25.7. The van der Waals surface area contributed by atoms with E-state index in [1.165, 1.54) is 0 Å². The predicted molar refractivity (Wildman–Crippen MR) is 309 cm³/mol. The Morgan fingerprint density at radius 2 is 0.649 bits per heavy atom. The molecule has 0 saturated heterocycles. The van der Waals surface area contributed by atoms with E-state index in [4.69, 9.17) is 9.47 Å². The Balaban J connectivity index is 0.999. The lowest BCUT2D eigenvalue weighted by molar-refractivity contribution is 0.482. The Labute approximate surface area is 447 Å². The smallest absolute Gasteiger partial charge is 0.127 e. The summed E-state index contributed by atoms with van der Waals surface area (Å²) in [5.74, 6) is 2.09. The molecule has 368 valence electrons. The number of halogens is 2. The van der Waals surface area contributed by atoms with Crippen LogP contribution in [0.1, 0.15) is 55.6 Å². The van der Waals surface area contributed by atoms with Gasteiger partial charge in [-0.25, -0.2) is 8.78 Å². The van der Waals surface area contributed by atoms with E-state index >= 15 is 8.78 Å². The topological polar surface area (TPSA) is 21.7 Å². The minimum atomic E-state index is -1.08. The normalized spacial score (nSPS) is 15.6. The molecule has 77 heavy (non-hydrogen) atoms. The summed E-state index contributed by atoms with van der Waals surface area (Å²) in [6, 6.07) is 86.0. The standard InChI is InChI=1S/C72H49F2NO2/c1-3-48-26-36-55(37-27-48)76-57-40-30-50(31-41-57)71(65-22-12-14-24-69(65)73)63-20-10-8-18-59(63)61-44-34-53(46-67(61)71)75(52-16-6-5-7-17-52)54-35-45-62-60-19-9-11-21-64(60)72(68(62)47-54,66-23-13-15-25-70(66)74)51-32-42-58(43-33-51)77-56-38-28-49(4-2)29-39-56/h3-47H,1-2H2. The molecule has 2 aliphatic rings. The maximum absolute atomic E-state index is 17.1. The second-order valence-corrected chi connectivity index (χ2v) is 19.5. The number of ether oxygens (including phenoxy) is 2. The Kier molecular flexibility index (Phi) is 11.7. The number of hydrogen-bond acceptors (Lipinski definition) is 3. The Bertz CT molecular complexity index is 3790. The van der Waals surface area contributed by atoms with E-state index in [1.807, 2.05) is 140 Å². The average molecular weight is 998 g/mol. The van der Waals surface area contributed by atoms with Crippen LogP contribution in [0.2, 0.25) is 0 Å². The van der Waals surface area contributed by atoms with E-state index in [0.29, 0.717) is 34.1 Å². The Morgan fingerprint density at radius 1 is 0.312 bits per heavy atom. The first kappa shape index (κ1) is 46.9. The van der Waals surface area contributed by atoms with Crippen molar-refractivity contribution in [2.45, 2.75) is 10.8 Å². The number of fused-ring (bicyclic) bond motifs is 6. The van der Waals surface area contributed by atoms with Gasteiger partial charge in [-0.15, -0.1) is 0 Å². The molecule has 0 saturated carbocycles. The zero-order chi connectivity index (χ0) is 52.1. The van der Waals surface area contributed by atoms with Gasteiger partial charge in [0.2, 0.25) is 0 Å². The van der Waals surface area contributed by atoms with E-state index in [2.05, 4.69) is 115 Å². The van der Waals surface area contributed by atoms with Gasteiger partial charge < -0.3 is 14.4 Å². The second kappa shape index (κ2) is 19.1. The molecule has 13 rings (SSSR count). The van der Waals surface area contributed by atoms with Crippen LogP contribution in [0, 0.1) is 11.6 Å². The number of rotatable bonds is 13. The summed E-state index contributed by atoms with van der Waals surface area (Å²) in [5.41, 5.74) is 13.2. The first-order valence-electron chi connectivity index (χ1n) is 25.7. The average Bonchev–Trinajstić information content (AvgIpc) is 4.14. The van der Waals surface area contributed by atoms with Crippen molar-refractivity contribution in [1.82, 2.24) is 0 Å². The molecule has 0 fully saturated rings. The lowest BCUT2D eigenvalue weighted by atomic mass is 9.67. The minimum absolute atomic E-state index is 0.312. The Hall–Kier alpha value is -9.84. The number of hydrogen-bond donors (Lipinski definition) is 0. The van der Waals surface area contributed by atoms with Crippen LogP contribution in [0.25, 0.3) is 34.4 Å². The second-order valence-electron chi connectivity index (χ2n) is 19.5. The van der Waals surface area contributed by atoms with Crippen molar-refractivity contribution in [3.05, 3.63) is 341 Å². The molecule has 5 heteroatoms. The third kappa shape index (κ3) is 7.69. The molecule has 2 unspecified atom stereocenters. The molecule has 11 aromatic carbocycles. The van der Waals surface area contributed by atoms with Gasteiger partial charge in [-0.3, -0.25) is 0 Å². The van der Waals surface area contributed by atoms with Crippen molar-refractivity contribution in [1.29, 1.82) is 0 Å². The highest BCUT2D eigenvalue weighted by molar-refractivity contribution is 5.92. The molecule has 2 atom stereocenters. The lowest BCUT2D eigenvalue weighted by Gasteiger charge is -2.36. The van der Waals surface area contributed by atoms with E-state index in [0.717, 1.165) is 83.8 Å². The van der Waals surface area contributed by atoms with Crippen molar-refractivity contribution in [3.63, 3.8) is 0 Å². The van der Waals surface area contributed by atoms with E-state index in [9.17, 15) is 0 Å². The molecule has 0 amide bonds. The molecule has 0 bridgehead atoms. The van der Waals surface area contributed by atoms with Gasteiger partial charge in [-0.1, -0.05) is 189 Å². The maximum atomic E-state index is 17.1. The van der Waals surface area contributed by atoms with Crippen LogP contribution in [-0.4, -0.2) is 0 Å². The zero-order valence-electron chi connectivity index (χ0n) is 41.9. The molecule has 0 N–H and O–H groups in total. The van der Waals surface area contributed by atoms with Crippen LogP contribution in [0.15, 0.2) is 274 Å². The summed E-state index contributed by atoms with van der Waals surface area (Å²) < 4.78 is 46.9. The molecule has 0 aliphatic heterocycles. The fourth-order valence-corrected chi connectivity index (χ4v) is 12.0. The molecular formula is C72H49F2NO2. The summed E-state index contributed by atoms with van der Waals surface area (Å²) >= 11 is 0. The third-order valence-corrected chi connectivity index (χ3v) is 15.4. The predicted octanol–water partition coefficient (Wildman–Crippen LogP) is 19.0. The fourth-order valence-electron chi connectivity index (χ4n) is 12.0. The third-order valence-electron chi connectivity index (χ3n) is 15.4. The molecule has 3 nitrogen and oxygen atoms in total. The zero-order valence-corrected chi connectivity index (χ0v) is 41.9. The van der Waals surface area contributed by atoms with Crippen molar-refractivity contribution in [2.75, 3.05) is 4.90 Å². The summed E-state index contributed by atoms with van der Waals surface area (Å²) in [6.07, 6.45) is 3.60. The largest absolute Gasteiger partial charge is 0.457 e. The van der Waals surface area contributed by atoms with Gasteiger partial charge in [0.1, 0.15) is 34.6 Å². The van der Waals surface area contributed by atoms with Crippen LogP contribution in [-0.2, 0) is 10.8 Å². The highest BCUT2D eigenvalue weighted by Crippen LogP contribution is 2.60. The fraction of sp³-hybridized carbons (Fsp3) is 0.0278. The first-order chi connectivity index (χ1) is 37.9. The lowest BCUT2D eigenvalue weighted by Crippen LogP contribution is -2.30. The SMILES string of the molecule is C=Cc1ccc(Oc2ccc(C3(c4ccccc4F)c4ccccc4-c4ccc(N(c5ccccc5)c5ccc6c(c5)C(c5ccc(Oc7ccc(C=C)cc7)cc5)(c5ccccc5F)c5ccccc5-6)cc43)cc2)cc1. The molecule has 0 heterocycles. The van der Waals surface area contributed by atoms with E-state index < -0.39 is 10.8 Å². The maximum Gasteiger partial charge on any atom is 0.127 e. The van der Waals surface area contributed by atoms with Gasteiger partial charge in [-0.2, -0.15) is 0 Å². The minimum Gasteiger partial charge on any atom is -0.457 e. The highest BCUT2D eigenvalue weighted by atomic mass is 19.1. The van der Waals surface area contributed by atoms with Crippen LogP contribution >= 0.6 is 0 Å². The van der Waals surface area contributed by atoms with Crippen LogP contribution < -0.4 is 14.4 Å². The summed E-state index contributed by atoms with van der Waals surface area (Å²) in [6.45, 7) is 7.77. The van der Waals surface area contributed by atoms with Crippen LogP contribution in [0.3, 0.4) is 0 Å². The number of anilines is 3. The summed E-state index contributed by atoms with van der Waals surface area (Å²) in [5, 5.41) is 0. The van der Waals surface area contributed by atoms with Crippen molar-refractivity contribution in [2.24, 2.45) is 0 Å². The summed E-state index contributed by atoms with van der Waals surface area (Å²) in [7, 11) is 0. The van der Waals surface area contributed by atoms with Gasteiger partial charge in [0.25, 0.3) is 0 Å². The monoisotopic (exact) mass is 997 g/mol. The van der Waals surface area contributed by atoms with Crippen LogP contribution in [0.4, 0.5) is 25.8 Å². The highest BCUT2D eigenvalue weighted by Gasteiger charge is 2.50. The van der Waals surface area contributed by atoms with Crippen molar-refractivity contribution in [3.8, 4) is 45.3 Å². The van der Waals surface area contributed by atoms with E-state index in [1.54, 1.807) is 36.4 Å². The van der Waals surface area contributed by atoms with Crippen LogP contribution in [0.5, 0.6) is 23.0 Å². The molecule has 11 aromatic rings. The van der Waals surface area contributed by atoms with Gasteiger partial charge in [-0.05, 0) is 164 Å². The summed E-state index contributed by atoms with van der Waals surface area (Å²) in [4.78, 5) is 2.26. The molecular weight excluding hydrogens is 949 g/mol. The molecule has 2 aliphatic carbocycles. The molecule has 0 spiro atoms.